The van der Waals surface area contributed by atoms with Crippen LogP contribution in [0, 0.1) is 17.7 Å². The molecule has 1 heterocycles. The molecule has 1 aromatic rings. The Labute approximate surface area is 125 Å². The molecular formula is C16H24FN3O. The molecule has 4 nitrogen and oxygen atoms in total. The Morgan fingerprint density at radius 1 is 1.48 bits per heavy atom. The quantitative estimate of drug-likeness (QED) is 0.876. The number of nitrogens with zero attached hydrogens (tertiary/aromatic N) is 1. The standard InChI is InChI=1S/C16H24FN3O/c1-3-18-15-14(17)13(7-8-19-15)16(21)20-10-12-6-4-5-11(2)9-12/h7-8,11-12H,3-6,9-10H2,1-2H3,(H,18,19)(H,20,21). The van der Waals surface area contributed by atoms with Gasteiger partial charge in [0.05, 0.1) is 5.56 Å². The van der Waals surface area contributed by atoms with E-state index in [1.807, 2.05) is 6.92 Å². The van der Waals surface area contributed by atoms with Crippen LogP contribution in [-0.2, 0) is 0 Å². The minimum absolute atomic E-state index is 0.0600. The van der Waals surface area contributed by atoms with Gasteiger partial charge >= 0.3 is 0 Å². The Bertz CT molecular complexity index is 492. The Balaban J connectivity index is 1.95. The summed E-state index contributed by atoms with van der Waals surface area (Å²) in [5, 5.41) is 5.68. The van der Waals surface area contributed by atoms with Gasteiger partial charge in [0.15, 0.2) is 11.6 Å². The van der Waals surface area contributed by atoms with Gasteiger partial charge in [0, 0.05) is 19.3 Å². The van der Waals surface area contributed by atoms with Crippen LogP contribution in [0.15, 0.2) is 12.3 Å². The fraction of sp³-hybridized carbons (Fsp3) is 0.625. The first-order valence-corrected chi connectivity index (χ1v) is 7.78. The van der Waals surface area contributed by atoms with Crippen molar-refractivity contribution in [3.05, 3.63) is 23.6 Å². The molecular weight excluding hydrogens is 269 g/mol. The van der Waals surface area contributed by atoms with Gasteiger partial charge in [0.2, 0.25) is 0 Å². The van der Waals surface area contributed by atoms with Crippen LogP contribution in [0.2, 0.25) is 0 Å². The van der Waals surface area contributed by atoms with Crippen LogP contribution in [-0.4, -0.2) is 24.0 Å². The second-order valence-corrected chi connectivity index (χ2v) is 5.90. The molecule has 0 aromatic carbocycles. The van der Waals surface area contributed by atoms with Crippen molar-refractivity contribution >= 4 is 11.7 Å². The van der Waals surface area contributed by atoms with Crippen LogP contribution in [0.5, 0.6) is 0 Å². The molecule has 1 amide bonds. The van der Waals surface area contributed by atoms with E-state index in [0.717, 1.165) is 18.8 Å². The third-order valence-electron chi connectivity index (χ3n) is 4.07. The van der Waals surface area contributed by atoms with Gasteiger partial charge in [-0.3, -0.25) is 4.79 Å². The third kappa shape index (κ3) is 4.16. The highest BCUT2D eigenvalue weighted by atomic mass is 19.1. The topological polar surface area (TPSA) is 54.0 Å². The van der Waals surface area contributed by atoms with E-state index in [9.17, 15) is 9.18 Å². The molecule has 0 bridgehead atoms. The van der Waals surface area contributed by atoms with Crippen LogP contribution in [0.3, 0.4) is 0 Å². The average molecular weight is 293 g/mol. The lowest BCUT2D eigenvalue weighted by atomic mass is 9.82. The first-order valence-electron chi connectivity index (χ1n) is 7.78. The largest absolute Gasteiger partial charge is 0.368 e. The number of carbonyl (C=O) groups is 1. The highest BCUT2D eigenvalue weighted by Crippen LogP contribution is 2.28. The van der Waals surface area contributed by atoms with Crippen LogP contribution in [0.25, 0.3) is 0 Å². The molecule has 0 saturated heterocycles. The van der Waals surface area contributed by atoms with E-state index in [0.29, 0.717) is 19.0 Å². The van der Waals surface area contributed by atoms with Crippen LogP contribution >= 0.6 is 0 Å². The van der Waals surface area contributed by atoms with Crippen LogP contribution < -0.4 is 10.6 Å². The van der Waals surface area contributed by atoms with Gasteiger partial charge in [-0.2, -0.15) is 0 Å². The molecule has 1 aliphatic rings. The number of pyridine rings is 1. The summed E-state index contributed by atoms with van der Waals surface area (Å²) in [7, 11) is 0. The SMILES string of the molecule is CCNc1nccc(C(=O)NCC2CCCC(C)C2)c1F. The number of carbonyl (C=O) groups excluding carboxylic acids is 1. The van der Waals surface area contributed by atoms with Crippen molar-refractivity contribution in [3.63, 3.8) is 0 Å². The van der Waals surface area contributed by atoms with Crippen molar-refractivity contribution in [2.24, 2.45) is 11.8 Å². The molecule has 0 spiro atoms. The molecule has 1 aliphatic carbocycles. The molecule has 21 heavy (non-hydrogen) atoms. The molecule has 0 aliphatic heterocycles. The molecule has 5 heteroatoms. The maximum absolute atomic E-state index is 14.2. The zero-order valence-electron chi connectivity index (χ0n) is 12.8. The number of hydrogen-bond donors (Lipinski definition) is 2. The van der Waals surface area contributed by atoms with Crippen molar-refractivity contribution in [1.82, 2.24) is 10.3 Å². The highest BCUT2D eigenvalue weighted by Gasteiger charge is 2.21. The van der Waals surface area contributed by atoms with E-state index in [4.69, 9.17) is 0 Å². The first-order chi connectivity index (χ1) is 10.1. The summed E-state index contributed by atoms with van der Waals surface area (Å²) >= 11 is 0. The van der Waals surface area contributed by atoms with Gasteiger partial charge < -0.3 is 10.6 Å². The van der Waals surface area contributed by atoms with Gasteiger partial charge in [-0.25, -0.2) is 9.37 Å². The predicted molar refractivity (Wildman–Crippen MR) is 81.8 cm³/mol. The van der Waals surface area contributed by atoms with Gasteiger partial charge in [0.1, 0.15) is 0 Å². The molecule has 1 aromatic heterocycles. The van der Waals surface area contributed by atoms with Crippen molar-refractivity contribution in [2.75, 3.05) is 18.4 Å². The number of halogens is 1. The molecule has 2 rings (SSSR count). The predicted octanol–water partition coefficient (Wildman–Crippen LogP) is 3.21. The highest BCUT2D eigenvalue weighted by molar-refractivity contribution is 5.95. The summed E-state index contributed by atoms with van der Waals surface area (Å²) in [5.41, 5.74) is 0.0600. The van der Waals surface area contributed by atoms with Crippen LogP contribution in [0.4, 0.5) is 10.2 Å². The van der Waals surface area contributed by atoms with Crippen molar-refractivity contribution in [2.45, 2.75) is 39.5 Å². The Hall–Kier alpha value is -1.65. The monoisotopic (exact) mass is 293 g/mol. The minimum atomic E-state index is -0.575. The van der Waals surface area contributed by atoms with Gasteiger partial charge in [-0.05, 0) is 37.7 Å². The zero-order chi connectivity index (χ0) is 15.2. The second-order valence-electron chi connectivity index (χ2n) is 5.90. The van der Waals surface area contributed by atoms with E-state index in [-0.39, 0.29) is 17.3 Å². The number of rotatable bonds is 5. The molecule has 2 atom stereocenters. The van der Waals surface area contributed by atoms with E-state index < -0.39 is 5.82 Å². The number of anilines is 1. The van der Waals surface area contributed by atoms with Crippen molar-refractivity contribution < 1.29 is 9.18 Å². The normalized spacial score (nSPS) is 21.9. The fourth-order valence-corrected chi connectivity index (χ4v) is 2.99. The third-order valence-corrected chi connectivity index (χ3v) is 4.07. The maximum Gasteiger partial charge on any atom is 0.254 e. The van der Waals surface area contributed by atoms with Crippen LogP contribution in [0.1, 0.15) is 49.9 Å². The number of nitrogens with one attached hydrogen (secondary N) is 2. The van der Waals surface area contributed by atoms with Crippen molar-refractivity contribution in [1.29, 1.82) is 0 Å². The van der Waals surface area contributed by atoms with E-state index in [1.54, 1.807) is 0 Å². The van der Waals surface area contributed by atoms with Crippen molar-refractivity contribution in [3.8, 4) is 0 Å². The molecule has 1 fully saturated rings. The number of amides is 1. The summed E-state index contributed by atoms with van der Waals surface area (Å²) in [4.78, 5) is 16.0. The first kappa shape index (κ1) is 15.7. The molecule has 1 saturated carbocycles. The second kappa shape index (κ2) is 7.38. The molecule has 2 N–H and O–H groups in total. The molecule has 116 valence electrons. The van der Waals surface area contributed by atoms with Gasteiger partial charge in [-0.15, -0.1) is 0 Å². The molecule has 2 unspecified atom stereocenters. The average Bonchev–Trinajstić information content (AvgIpc) is 2.47. The smallest absolute Gasteiger partial charge is 0.254 e. The fourth-order valence-electron chi connectivity index (χ4n) is 2.99. The number of aromatic nitrogens is 1. The lowest BCUT2D eigenvalue weighted by Gasteiger charge is -2.26. The summed E-state index contributed by atoms with van der Waals surface area (Å²) in [6.07, 6.45) is 6.23. The molecule has 0 radical (unpaired) electrons. The van der Waals surface area contributed by atoms with Gasteiger partial charge in [0.25, 0.3) is 5.91 Å². The Kier molecular flexibility index (Phi) is 5.53. The summed E-state index contributed by atoms with van der Waals surface area (Å²) in [6.45, 7) is 5.30. The Morgan fingerprint density at radius 3 is 3.00 bits per heavy atom. The number of hydrogen-bond acceptors (Lipinski definition) is 3. The Morgan fingerprint density at radius 2 is 2.29 bits per heavy atom. The van der Waals surface area contributed by atoms with E-state index >= 15 is 0 Å². The summed E-state index contributed by atoms with van der Waals surface area (Å²) < 4.78 is 14.2. The van der Waals surface area contributed by atoms with E-state index in [1.165, 1.54) is 25.1 Å². The van der Waals surface area contributed by atoms with Gasteiger partial charge in [-0.1, -0.05) is 19.8 Å². The summed E-state index contributed by atoms with van der Waals surface area (Å²) in [5.74, 6) is 0.437. The minimum Gasteiger partial charge on any atom is -0.368 e. The lowest BCUT2D eigenvalue weighted by Crippen LogP contribution is -2.32. The lowest BCUT2D eigenvalue weighted by molar-refractivity contribution is 0.0936. The zero-order valence-corrected chi connectivity index (χ0v) is 12.8. The van der Waals surface area contributed by atoms with E-state index in [2.05, 4.69) is 22.5 Å². The maximum atomic E-state index is 14.2. The summed E-state index contributed by atoms with van der Waals surface area (Å²) in [6, 6.07) is 1.43.